The Labute approximate surface area is 223 Å². The van der Waals surface area contributed by atoms with Crippen molar-refractivity contribution in [3.05, 3.63) is 40.8 Å². The van der Waals surface area contributed by atoms with E-state index in [1.165, 1.54) is 18.9 Å². The molecule has 1 aromatic heterocycles. The predicted molar refractivity (Wildman–Crippen MR) is 145 cm³/mol. The maximum Gasteiger partial charge on any atom is 0.328 e. The summed E-state index contributed by atoms with van der Waals surface area (Å²) in [5.41, 5.74) is 1.94. The summed E-state index contributed by atoms with van der Waals surface area (Å²) >= 11 is 1.15. The van der Waals surface area contributed by atoms with Crippen LogP contribution < -0.4 is 10.0 Å². The molecule has 0 radical (unpaired) electrons. The first-order chi connectivity index (χ1) is 17.3. The van der Waals surface area contributed by atoms with Gasteiger partial charge < -0.3 is 15.0 Å². The zero-order valence-corrected chi connectivity index (χ0v) is 24.1. The van der Waals surface area contributed by atoms with Gasteiger partial charge in [-0.1, -0.05) is 52.0 Å². The fourth-order valence-electron chi connectivity index (χ4n) is 3.96. The Morgan fingerprint density at radius 3 is 2.19 bits per heavy atom. The number of hydrogen-bond donors (Lipinski definition) is 2. The minimum atomic E-state index is -4.10. The number of carbonyl (C=O) groups excluding carboxylic acids is 3. The zero-order chi connectivity index (χ0) is 27.9. The molecule has 2 rings (SSSR count). The first-order valence-corrected chi connectivity index (χ1v) is 14.5. The van der Waals surface area contributed by atoms with Gasteiger partial charge in [0.15, 0.2) is 0 Å². The molecule has 1 atom stereocenters. The molecule has 2 N–H and O–H groups in total. The van der Waals surface area contributed by atoms with E-state index >= 15 is 0 Å². The van der Waals surface area contributed by atoms with Crippen molar-refractivity contribution in [2.75, 3.05) is 13.7 Å². The van der Waals surface area contributed by atoms with E-state index < -0.39 is 28.1 Å². The van der Waals surface area contributed by atoms with Gasteiger partial charge in [0.25, 0.3) is 10.0 Å². The minimum absolute atomic E-state index is 0.0677. The molecule has 0 aliphatic rings. The molecule has 0 aliphatic carbocycles. The first kappa shape index (κ1) is 30.3. The van der Waals surface area contributed by atoms with E-state index in [4.69, 9.17) is 4.74 Å². The summed E-state index contributed by atoms with van der Waals surface area (Å²) in [6, 6.07) is 7.50. The Balaban J connectivity index is 2.44. The molecular formula is C26H37N3O6S2. The maximum atomic E-state index is 13.1. The van der Waals surface area contributed by atoms with Crippen molar-refractivity contribution < 1.29 is 27.5 Å². The van der Waals surface area contributed by atoms with Crippen molar-refractivity contribution in [1.82, 2.24) is 14.9 Å². The summed E-state index contributed by atoms with van der Waals surface area (Å²) in [6.07, 6.45) is 0.699. The highest BCUT2D eigenvalue weighted by Crippen LogP contribution is 2.36. The number of amides is 3. The summed E-state index contributed by atoms with van der Waals surface area (Å²) in [5.74, 6) is -0.561. The van der Waals surface area contributed by atoms with E-state index in [1.807, 2.05) is 19.9 Å². The zero-order valence-electron chi connectivity index (χ0n) is 22.5. The van der Waals surface area contributed by atoms with Gasteiger partial charge in [-0.2, -0.15) is 0 Å². The SMILES string of the molecule is CCNC(=O)NS(=O)(=O)c1sc(CC(C)C)cc1-c1ccc(CN(C(C)=O)C(C(=O)OC)C(C)C)cc1. The molecule has 204 valence electrons. The summed E-state index contributed by atoms with van der Waals surface area (Å²) in [4.78, 5) is 39.1. The molecule has 1 aromatic carbocycles. The molecule has 11 heteroatoms. The van der Waals surface area contributed by atoms with Gasteiger partial charge in [-0.15, -0.1) is 11.3 Å². The average Bonchev–Trinajstić information content (AvgIpc) is 3.22. The molecule has 0 aliphatic heterocycles. The van der Waals surface area contributed by atoms with Crippen LogP contribution in [0.25, 0.3) is 11.1 Å². The maximum absolute atomic E-state index is 13.1. The van der Waals surface area contributed by atoms with Gasteiger partial charge >= 0.3 is 12.0 Å². The van der Waals surface area contributed by atoms with E-state index in [0.717, 1.165) is 21.8 Å². The molecule has 0 saturated carbocycles. The van der Waals surface area contributed by atoms with Crippen molar-refractivity contribution >= 4 is 39.3 Å². The largest absolute Gasteiger partial charge is 0.467 e. The quantitative estimate of drug-likeness (QED) is 0.404. The Morgan fingerprint density at radius 2 is 1.70 bits per heavy atom. The predicted octanol–water partition coefficient (Wildman–Crippen LogP) is 4.17. The number of ether oxygens (including phenoxy) is 1. The van der Waals surface area contributed by atoms with Crippen LogP contribution in [0.15, 0.2) is 34.5 Å². The summed E-state index contributed by atoms with van der Waals surface area (Å²) < 4.78 is 33.2. The Kier molecular flexibility index (Phi) is 10.7. The van der Waals surface area contributed by atoms with E-state index in [9.17, 15) is 22.8 Å². The average molecular weight is 552 g/mol. The number of nitrogens with zero attached hydrogens (tertiary/aromatic N) is 1. The van der Waals surface area contributed by atoms with Crippen LogP contribution in [-0.2, 0) is 37.3 Å². The highest BCUT2D eigenvalue weighted by molar-refractivity contribution is 7.92. The normalized spacial score (nSPS) is 12.4. The second-order valence-corrected chi connectivity index (χ2v) is 12.5. The monoisotopic (exact) mass is 551 g/mol. The molecule has 2 aromatic rings. The standard InChI is InChI=1S/C26H37N3O6S2/c1-8-27-26(32)28-37(33,34)25-22(14-21(36-25)13-16(2)3)20-11-9-19(10-12-20)15-29(18(6)30)23(17(4)5)24(31)35-7/h9-12,14,16-17,23H,8,13,15H2,1-7H3,(H2,27,28,32). The van der Waals surface area contributed by atoms with Crippen LogP contribution in [-0.4, -0.2) is 50.9 Å². The highest BCUT2D eigenvalue weighted by atomic mass is 32.2. The van der Waals surface area contributed by atoms with Gasteiger partial charge in [0.1, 0.15) is 10.3 Å². The summed E-state index contributed by atoms with van der Waals surface area (Å²) in [5, 5.41) is 2.44. The lowest BCUT2D eigenvalue weighted by atomic mass is 10.0. The molecule has 9 nitrogen and oxygen atoms in total. The number of rotatable bonds is 11. The number of methoxy groups -OCH3 is 1. The third-order valence-electron chi connectivity index (χ3n) is 5.60. The van der Waals surface area contributed by atoms with Crippen molar-refractivity contribution in [1.29, 1.82) is 0 Å². The topological polar surface area (TPSA) is 122 Å². The van der Waals surface area contributed by atoms with Crippen molar-refractivity contribution in [3.8, 4) is 11.1 Å². The molecule has 37 heavy (non-hydrogen) atoms. The molecule has 3 amide bonds. The van der Waals surface area contributed by atoms with Gasteiger partial charge in [0.2, 0.25) is 5.91 Å². The molecule has 1 heterocycles. The number of benzene rings is 1. The van der Waals surface area contributed by atoms with Crippen LogP contribution in [0.5, 0.6) is 0 Å². The number of hydrogen-bond acceptors (Lipinski definition) is 7. The smallest absolute Gasteiger partial charge is 0.328 e. The Morgan fingerprint density at radius 1 is 1.08 bits per heavy atom. The van der Waals surface area contributed by atoms with Gasteiger partial charge in [0.05, 0.1) is 7.11 Å². The van der Waals surface area contributed by atoms with Crippen molar-refractivity contribution in [3.63, 3.8) is 0 Å². The highest BCUT2D eigenvalue weighted by Gasteiger charge is 2.32. The lowest BCUT2D eigenvalue weighted by molar-refractivity contribution is -0.154. The molecule has 0 spiro atoms. The van der Waals surface area contributed by atoms with Crippen LogP contribution in [0.1, 0.15) is 52.0 Å². The number of carbonyl (C=O) groups is 3. The number of sulfonamides is 1. The number of nitrogens with one attached hydrogen (secondary N) is 2. The van der Waals surface area contributed by atoms with Crippen molar-refractivity contribution in [2.45, 2.75) is 64.8 Å². The van der Waals surface area contributed by atoms with E-state index in [1.54, 1.807) is 31.2 Å². The van der Waals surface area contributed by atoms with Crippen LogP contribution in [0, 0.1) is 11.8 Å². The lowest BCUT2D eigenvalue weighted by Crippen LogP contribution is -2.47. The Bertz CT molecular complexity index is 1200. The molecule has 1 unspecified atom stereocenters. The van der Waals surface area contributed by atoms with Crippen LogP contribution in [0.2, 0.25) is 0 Å². The summed E-state index contributed by atoms with van der Waals surface area (Å²) in [7, 11) is -2.80. The fraction of sp³-hybridized carbons (Fsp3) is 0.500. The molecule has 0 saturated heterocycles. The number of esters is 1. The van der Waals surface area contributed by atoms with Gasteiger partial charge in [-0.05, 0) is 42.4 Å². The lowest BCUT2D eigenvalue weighted by Gasteiger charge is -2.31. The second-order valence-electron chi connectivity index (χ2n) is 9.53. The van der Waals surface area contributed by atoms with Crippen LogP contribution in [0.4, 0.5) is 4.79 Å². The molecular weight excluding hydrogens is 514 g/mol. The minimum Gasteiger partial charge on any atom is -0.467 e. The number of urea groups is 1. The van der Waals surface area contributed by atoms with E-state index in [2.05, 4.69) is 23.9 Å². The second kappa shape index (κ2) is 13.0. The third-order valence-corrected chi connectivity index (χ3v) is 8.62. The van der Waals surface area contributed by atoms with Gasteiger partial charge in [0, 0.05) is 30.5 Å². The van der Waals surface area contributed by atoms with Crippen molar-refractivity contribution in [2.24, 2.45) is 11.8 Å². The van der Waals surface area contributed by atoms with Gasteiger partial charge in [-0.25, -0.2) is 22.7 Å². The van der Waals surface area contributed by atoms with Crippen LogP contribution >= 0.6 is 11.3 Å². The Hall–Kier alpha value is -2.92. The first-order valence-electron chi connectivity index (χ1n) is 12.2. The molecule has 0 fully saturated rings. The van der Waals surface area contributed by atoms with E-state index in [-0.39, 0.29) is 22.6 Å². The van der Waals surface area contributed by atoms with E-state index in [0.29, 0.717) is 30.0 Å². The van der Waals surface area contributed by atoms with Gasteiger partial charge in [-0.3, -0.25) is 4.79 Å². The third kappa shape index (κ3) is 8.03. The van der Waals surface area contributed by atoms with Crippen LogP contribution in [0.3, 0.4) is 0 Å². The summed E-state index contributed by atoms with van der Waals surface area (Å²) in [6.45, 7) is 11.4. The fourth-order valence-corrected chi connectivity index (χ4v) is 6.84. The molecule has 0 bridgehead atoms. The number of thiophene rings is 1.